The summed E-state index contributed by atoms with van der Waals surface area (Å²) in [4.78, 5) is 0. The summed E-state index contributed by atoms with van der Waals surface area (Å²) >= 11 is 0. The summed E-state index contributed by atoms with van der Waals surface area (Å²) in [5.74, 6) is 1.51. The lowest BCUT2D eigenvalue weighted by Crippen LogP contribution is -2.32. The van der Waals surface area contributed by atoms with Gasteiger partial charge in [0.2, 0.25) is 0 Å². The van der Waals surface area contributed by atoms with Crippen molar-refractivity contribution in [3.8, 4) is 0 Å². The van der Waals surface area contributed by atoms with E-state index < -0.39 is 0 Å². The van der Waals surface area contributed by atoms with Crippen LogP contribution < -0.4 is 11.1 Å². The van der Waals surface area contributed by atoms with Gasteiger partial charge in [0.1, 0.15) is 0 Å². The molecule has 0 spiro atoms. The lowest BCUT2D eigenvalue weighted by molar-refractivity contribution is 0.324. The molecular weight excluding hydrogens is 196 g/mol. The Morgan fingerprint density at radius 2 is 1.69 bits per heavy atom. The largest absolute Gasteiger partial charge is 0.328 e. The van der Waals surface area contributed by atoms with Crippen molar-refractivity contribution in [1.82, 2.24) is 5.32 Å². The van der Waals surface area contributed by atoms with Crippen LogP contribution in [0, 0.1) is 17.3 Å². The Morgan fingerprint density at radius 1 is 1.12 bits per heavy atom. The smallest absolute Gasteiger partial charge is 0.00558 e. The topological polar surface area (TPSA) is 38.0 Å². The molecule has 0 amide bonds. The summed E-state index contributed by atoms with van der Waals surface area (Å²) in [6, 6.07) is 0.335. The SMILES string of the molecule is CC(C)C(C)CNCCC(N)CC(C)(C)C. The lowest BCUT2D eigenvalue weighted by atomic mass is 9.87. The fraction of sp³-hybridized carbons (Fsp3) is 1.00. The zero-order chi connectivity index (χ0) is 12.8. The number of hydrogen-bond donors (Lipinski definition) is 2. The fourth-order valence-electron chi connectivity index (χ4n) is 1.74. The third-order valence-corrected chi connectivity index (χ3v) is 3.17. The van der Waals surface area contributed by atoms with Gasteiger partial charge in [-0.2, -0.15) is 0 Å². The van der Waals surface area contributed by atoms with Gasteiger partial charge in [0.25, 0.3) is 0 Å². The molecule has 0 heterocycles. The maximum Gasteiger partial charge on any atom is 0.00558 e. The molecule has 3 N–H and O–H groups in total. The summed E-state index contributed by atoms with van der Waals surface area (Å²) in [5, 5.41) is 3.50. The molecule has 0 aromatic rings. The minimum absolute atomic E-state index is 0.335. The first-order chi connectivity index (χ1) is 7.22. The van der Waals surface area contributed by atoms with Gasteiger partial charge in [-0.15, -0.1) is 0 Å². The normalized spacial score (nSPS) is 16.5. The van der Waals surface area contributed by atoms with E-state index in [2.05, 4.69) is 46.9 Å². The maximum atomic E-state index is 6.10. The van der Waals surface area contributed by atoms with Crippen molar-refractivity contribution in [2.24, 2.45) is 23.0 Å². The van der Waals surface area contributed by atoms with Gasteiger partial charge in [-0.25, -0.2) is 0 Å². The quantitative estimate of drug-likeness (QED) is 0.657. The summed E-state index contributed by atoms with van der Waals surface area (Å²) in [6.07, 6.45) is 2.19. The van der Waals surface area contributed by atoms with Crippen LogP contribution in [0.25, 0.3) is 0 Å². The van der Waals surface area contributed by atoms with E-state index in [1.165, 1.54) is 0 Å². The zero-order valence-electron chi connectivity index (χ0n) is 12.1. The van der Waals surface area contributed by atoms with Crippen LogP contribution in [0.3, 0.4) is 0 Å². The zero-order valence-corrected chi connectivity index (χ0v) is 12.1. The Kier molecular flexibility index (Phi) is 7.25. The van der Waals surface area contributed by atoms with Crippen LogP contribution in [0.5, 0.6) is 0 Å². The Morgan fingerprint density at radius 3 is 2.12 bits per heavy atom. The molecule has 0 fully saturated rings. The van der Waals surface area contributed by atoms with Gasteiger partial charge in [0.15, 0.2) is 0 Å². The first kappa shape index (κ1) is 15.9. The number of nitrogens with two attached hydrogens (primary N) is 1. The molecule has 0 rings (SSSR count). The molecule has 0 saturated carbocycles. The molecular formula is C14H32N2. The second kappa shape index (κ2) is 7.29. The van der Waals surface area contributed by atoms with Crippen molar-refractivity contribution in [3.05, 3.63) is 0 Å². The van der Waals surface area contributed by atoms with Gasteiger partial charge in [0.05, 0.1) is 0 Å². The first-order valence-electron chi connectivity index (χ1n) is 6.68. The van der Waals surface area contributed by atoms with Gasteiger partial charge in [-0.1, -0.05) is 41.5 Å². The molecule has 0 aliphatic heterocycles. The highest BCUT2D eigenvalue weighted by Crippen LogP contribution is 2.20. The molecule has 98 valence electrons. The van der Waals surface area contributed by atoms with E-state index in [9.17, 15) is 0 Å². The molecule has 0 saturated heterocycles. The maximum absolute atomic E-state index is 6.10. The molecule has 0 aliphatic carbocycles. The Bertz CT molecular complexity index is 170. The van der Waals surface area contributed by atoms with Crippen LogP contribution in [-0.4, -0.2) is 19.1 Å². The fourth-order valence-corrected chi connectivity index (χ4v) is 1.74. The van der Waals surface area contributed by atoms with Gasteiger partial charge >= 0.3 is 0 Å². The van der Waals surface area contributed by atoms with E-state index in [0.29, 0.717) is 11.5 Å². The minimum atomic E-state index is 0.335. The Hall–Kier alpha value is -0.0800. The van der Waals surface area contributed by atoms with E-state index in [1.54, 1.807) is 0 Å². The van der Waals surface area contributed by atoms with E-state index >= 15 is 0 Å². The molecule has 0 bridgehead atoms. The molecule has 2 atom stereocenters. The highest BCUT2D eigenvalue weighted by Gasteiger charge is 2.15. The van der Waals surface area contributed by atoms with Crippen LogP contribution in [-0.2, 0) is 0 Å². The molecule has 2 heteroatoms. The molecule has 0 aliphatic rings. The third kappa shape index (κ3) is 9.17. The predicted molar refractivity (Wildman–Crippen MR) is 73.5 cm³/mol. The number of nitrogens with one attached hydrogen (secondary N) is 1. The number of rotatable bonds is 7. The van der Waals surface area contributed by atoms with Crippen LogP contribution in [0.1, 0.15) is 54.4 Å². The Balaban J connectivity index is 3.52. The van der Waals surface area contributed by atoms with Gasteiger partial charge in [-0.05, 0) is 43.2 Å². The Labute approximate surface area is 102 Å². The lowest BCUT2D eigenvalue weighted by Gasteiger charge is -2.23. The van der Waals surface area contributed by atoms with E-state index in [-0.39, 0.29) is 0 Å². The van der Waals surface area contributed by atoms with Crippen LogP contribution >= 0.6 is 0 Å². The summed E-state index contributed by atoms with van der Waals surface area (Å²) in [7, 11) is 0. The second-order valence-corrected chi connectivity index (χ2v) is 6.74. The van der Waals surface area contributed by atoms with Crippen LogP contribution in [0.15, 0.2) is 0 Å². The molecule has 2 unspecified atom stereocenters. The van der Waals surface area contributed by atoms with Crippen LogP contribution in [0.4, 0.5) is 0 Å². The van der Waals surface area contributed by atoms with Crippen molar-refractivity contribution < 1.29 is 0 Å². The van der Waals surface area contributed by atoms with E-state index in [0.717, 1.165) is 37.8 Å². The van der Waals surface area contributed by atoms with E-state index in [4.69, 9.17) is 5.73 Å². The molecule has 2 nitrogen and oxygen atoms in total. The van der Waals surface area contributed by atoms with Crippen molar-refractivity contribution in [1.29, 1.82) is 0 Å². The van der Waals surface area contributed by atoms with Crippen molar-refractivity contribution in [2.45, 2.75) is 60.4 Å². The standard InChI is InChI=1S/C14H32N2/c1-11(2)12(3)10-16-8-7-13(15)9-14(4,5)6/h11-13,16H,7-10,15H2,1-6H3. The summed E-state index contributed by atoms with van der Waals surface area (Å²) < 4.78 is 0. The molecule has 0 radical (unpaired) electrons. The average Bonchev–Trinajstić information content (AvgIpc) is 2.08. The summed E-state index contributed by atoms with van der Waals surface area (Å²) in [5.41, 5.74) is 6.45. The molecule has 0 aromatic carbocycles. The van der Waals surface area contributed by atoms with Crippen molar-refractivity contribution >= 4 is 0 Å². The van der Waals surface area contributed by atoms with Crippen LogP contribution in [0.2, 0.25) is 0 Å². The first-order valence-corrected chi connectivity index (χ1v) is 6.68. The average molecular weight is 228 g/mol. The molecule has 16 heavy (non-hydrogen) atoms. The predicted octanol–water partition coefficient (Wildman–Crippen LogP) is 3.02. The highest BCUT2D eigenvalue weighted by molar-refractivity contribution is 4.72. The van der Waals surface area contributed by atoms with Crippen molar-refractivity contribution in [3.63, 3.8) is 0 Å². The molecule has 0 aromatic heterocycles. The third-order valence-electron chi connectivity index (χ3n) is 3.17. The highest BCUT2D eigenvalue weighted by atomic mass is 14.9. The van der Waals surface area contributed by atoms with Gasteiger partial charge in [-0.3, -0.25) is 0 Å². The summed E-state index contributed by atoms with van der Waals surface area (Å²) in [6.45, 7) is 15.8. The van der Waals surface area contributed by atoms with Gasteiger partial charge < -0.3 is 11.1 Å². The van der Waals surface area contributed by atoms with Crippen molar-refractivity contribution in [2.75, 3.05) is 13.1 Å². The number of hydrogen-bond acceptors (Lipinski definition) is 2. The minimum Gasteiger partial charge on any atom is -0.328 e. The van der Waals surface area contributed by atoms with E-state index in [1.807, 2.05) is 0 Å². The van der Waals surface area contributed by atoms with Gasteiger partial charge in [0, 0.05) is 6.04 Å². The monoisotopic (exact) mass is 228 g/mol. The second-order valence-electron chi connectivity index (χ2n) is 6.74.